The third-order valence-corrected chi connectivity index (χ3v) is 2.37. The van der Waals surface area contributed by atoms with Gasteiger partial charge in [-0.05, 0) is 0 Å². The van der Waals surface area contributed by atoms with Crippen LogP contribution in [0.1, 0.15) is 19.8 Å². The van der Waals surface area contributed by atoms with E-state index in [2.05, 4.69) is 6.58 Å². The molecule has 3 heteroatoms. The molecule has 1 fully saturated rings. The first kappa shape index (κ1) is 9.94. The van der Waals surface area contributed by atoms with Crippen molar-refractivity contribution >= 4 is 5.78 Å². The molecule has 0 amide bonds. The summed E-state index contributed by atoms with van der Waals surface area (Å²) in [7, 11) is 0. The second-order valence-electron chi connectivity index (χ2n) is 3.27. The normalized spacial score (nSPS) is 33.8. The number of Topliss-reactive ketones (excluding diaryl/α,β-unsaturated/α-hetero) is 1. The molecular formula is C10H13NO2. The van der Waals surface area contributed by atoms with E-state index in [-0.39, 0.29) is 30.3 Å². The number of ketones is 1. The number of hydrogen-bond donors (Lipinski definition) is 0. The van der Waals surface area contributed by atoms with Crippen molar-refractivity contribution in [1.82, 2.24) is 0 Å². The number of rotatable bonds is 2. The van der Waals surface area contributed by atoms with Crippen LogP contribution in [-0.4, -0.2) is 18.0 Å². The number of nitrogens with zero attached hydrogens (tertiary/aromatic N) is 1. The van der Waals surface area contributed by atoms with E-state index < -0.39 is 0 Å². The van der Waals surface area contributed by atoms with Gasteiger partial charge in [-0.15, -0.1) is 6.58 Å². The molecule has 0 N–H and O–H groups in total. The molecule has 3 atom stereocenters. The van der Waals surface area contributed by atoms with Gasteiger partial charge in [0.1, 0.15) is 5.78 Å². The van der Waals surface area contributed by atoms with Crippen molar-refractivity contribution in [3.63, 3.8) is 0 Å². The van der Waals surface area contributed by atoms with E-state index in [1.165, 1.54) is 0 Å². The fourth-order valence-electron chi connectivity index (χ4n) is 1.44. The summed E-state index contributed by atoms with van der Waals surface area (Å²) in [5, 5.41) is 8.51. The Kier molecular flexibility index (Phi) is 3.21. The summed E-state index contributed by atoms with van der Waals surface area (Å²) in [4.78, 5) is 11.4. The van der Waals surface area contributed by atoms with Crippen molar-refractivity contribution in [1.29, 1.82) is 5.26 Å². The van der Waals surface area contributed by atoms with E-state index >= 15 is 0 Å². The van der Waals surface area contributed by atoms with Gasteiger partial charge < -0.3 is 4.74 Å². The highest BCUT2D eigenvalue weighted by atomic mass is 16.5. The lowest BCUT2D eigenvalue weighted by Gasteiger charge is -2.30. The number of carbonyl (C=O) groups is 1. The molecule has 0 bridgehead atoms. The molecule has 1 heterocycles. The van der Waals surface area contributed by atoms with E-state index in [1.54, 1.807) is 6.08 Å². The smallest absolute Gasteiger partial charge is 0.141 e. The Bertz CT molecular complexity index is 254. The van der Waals surface area contributed by atoms with Crippen LogP contribution in [0.25, 0.3) is 0 Å². The highest BCUT2D eigenvalue weighted by molar-refractivity contribution is 5.82. The summed E-state index contributed by atoms with van der Waals surface area (Å²) in [6.45, 7) is 5.39. The molecule has 0 spiro atoms. The largest absolute Gasteiger partial charge is 0.369 e. The van der Waals surface area contributed by atoms with Crippen molar-refractivity contribution in [2.24, 2.45) is 5.92 Å². The number of nitriles is 1. The molecule has 13 heavy (non-hydrogen) atoms. The fraction of sp³-hybridized carbons (Fsp3) is 0.600. The highest BCUT2D eigenvalue weighted by Crippen LogP contribution is 2.24. The number of ether oxygens (including phenoxy) is 1. The molecule has 0 aromatic rings. The molecule has 1 rings (SSSR count). The highest BCUT2D eigenvalue weighted by Gasteiger charge is 2.32. The molecule has 0 aliphatic carbocycles. The van der Waals surface area contributed by atoms with E-state index in [4.69, 9.17) is 10.00 Å². The predicted octanol–water partition coefficient (Wildman–Crippen LogP) is 1.45. The van der Waals surface area contributed by atoms with Crippen LogP contribution in [0.4, 0.5) is 0 Å². The second-order valence-corrected chi connectivity index (χ2v) is 3.27. The Morgan fingerprint density at radius 1 is 1.85 bits per heavy atom. The zero-order chi connectivity index (χ0) is 9.84. The topological polar surface area (TPSA) is 50.1 Å². The molecule has 0 aromatic carbocycles. The van der Waals surface area contributed by atoms with Gasteiger partial charge in [-0.3, -0.25) is 4.79 Å². The van der Waals surface area contributed by atoms with Crippen molar-refractivity contribution in [3.05, 3.63) is 12.7 Å². The van der Waals surface area contributed by atoms with Crippen LogP contribution < -0.4 is 0 Å². The molecular weight excluding hydrogens is 166 g/mol. The predicted molar refractivity (Wildman–Crippen MR) is 47.9 cm³/mol. The van der Waals surface area contributed by atoms with Gasteiger partial charge in [0.15, 0.2) is 0 Å². The van der Waals surface area contributed by atoms with Crippen LogP contribution in [0.3, 0.4) is 0 Å². The molecule has 3 nitrogen and oxygen atoms in total. The third-order valence-electron chi connectivity index (χ3n) is 2.37. The van der Waals surface area contributed by atoms with Gasteiger partial charge in [0.05, 0.1) is 24.7 Å². The van der Waals surface area contributed by atoms with Crippen LogP contribution in [0, 0.1) is 17.2 Å². The lowest BCUT2D eigenvalue weighted by Crippen LogP contribution is -2.39. The molecule has 0 saturated carbocycles. The SMILES string of the molecule is C=C[C@H]1CC(=O)[C@@H](C)[C@@H](CC#N)O1. The van der Waals surface area contributed by atoms with E-state index in [1.807, 2.05) is 13.0 Å². The lowest BCUT2D eigenvalue weighted by atomic mass is 9.90. The Hall–Kier alpha value is -1.14. The maximum Gasteiger partial charge on any atom is 0.141 e. The molecule has 1 aliphatic heterocycles. The molecule has 1 saturated heterocycles. The van der Waals surface area contributed by atoms with Crippen molar-refractivity contribution in [3.8, 4) is 6.07 Å². The summed E-state index contributed by atoms with van der Waals surface area (Å²) < 4.78 is 5.50. The van der Waals surface area contributed by atoms with E-state index in [0.29, 0.717) is 6.42 Å². The molecule has 0 aromatic heterocycles. The molecule has 70 valence electrons. The minimum atomic E-state index is -0.255. The van der Waals surface area contributed by atoms with Crippen LogP contribution in [0.2, 0.25) is 0 Å². The van der Waals surface area contributed by atoms with Crippen molar-refractivity contribution in [2.45, 2.75) is 32.0 Å². The molecule has 0 unspecified atom stereocenters. The van der Waals surface area contributed by atoms with Crippen LogP contribution >= 0.6 is 0 Å². The average molecular weight is 179 g/mol. The van der Waals surface area contributed by atoms with Gasteiger partial charge in [0.25, 0.3) is 0 Å². The summed E-state index contributed by atoms with van der Waals surface area (Å²) in [6.07, 6.45) is 1.83. The van der Waals surface area contributed by atoms with Crippen LogP contribution in [0.5, 0.6) is 0 Å². The Morgan fingerprint density at radius 2 is 2.54 bits per heavy atom. The van der Waals surface area contributed by atoms with Crippen molar-refractivity contribution < 1.29 is 9.53 Å². The zero-order valence-electron chi connectivity index (χ0n) is 7.69. The standard InChI is InChI=1S/C10H13NO2/c1-3-8-6-9(12)7(2)10(13-8)4-5-11/h3,7-8,10H,1,4,6H2,2H3/t7-,8+,10-/m1/s1. The van der Waals surface area contributed by atoms with Gasteiger partial charge in [0, 0.05) is 12.3 Å². The van der Waals surface area contributed by atoms with Gasteiger partial charge in [-0.25, -0.2) is 0 Å². The minimum Gasteiger partial charge on any atom is -0.369 e. The van der Waals surface area contributed by atoms with E-state index in [9.17, 15) is 4.79 Å². The maximum atomic E-state index is 11.4. The monoisotopic (exact) mass is 179 g/mol. The minimum absolute atomic E-state index is 0.157. The summed E-state index contributed by atoms with van der Waals surface area (Å²) in [5.41, 5.74) is 0. The Morgan fingerprint density at radius 3 is 3.08 bits per heavy atom. The van der Waals surface area contributed by atoms with Gasteiger partial charge in [-0.1, -0.05) is 13.0 Å². The van der Waals surface area contributed by atoms with E-state index in [0.717, 1.165) is 0 Å². The Labute approximate surface area is 78.0 Å². The van der Waals surface area contributed by atoms with Gasteiger partial charge >= 0.3 is 0 Å². The Balaban J connectivity index is 2.66. The average Bonchev–Trinajstić information content (AvgIpc) is 2.13. The molecule has 0 radical (unpaired) electrons. The maximum absolute atomic E-state index is 11.4. The second kappa shape index (κ2) is 4.20. The number of carbonyl (C=O) groups excluding carboxylic acids is 1. The quantitative estimate of drug-likeness (QED) is 0.603. The summed E-state index contributed by atoms with van der Waals surface area (Å²) in [5.74, 6) is 0.00671. The van der Waals surface area contributed by atoms with Crippen LogP contribution in [-0.2, 0) is 9.53 Å². The molecule has 1 aliphatic rings. The summed E-state index contributed by atoms with van der Waals surface area (Å²) >= 11 is 0. The lowest BCUT2D eigenvalue weighted by molar-refractivity contribution is -0.140. The number of hydrogen-bond acceptors (Lipinski definition) is 3. The van der Waals surface area contributed by atoms with Crippen LogP contribution in [0.15, 0.2) is 12.7 Å². The fourth-order valence-corrected chi connectivity index (χ4v) is 1.44. The first-order chi connectivity index (χ1) is 6.19. The summed E-state index contributed by atoms with van der Waals surface area (Å²) in [6, 6.07) is 2.02. The first-order valence-electron chi connectivity index (χ1n) is 4.36. The first-order valence-corrected chi connectivity index (χ1v) is 4.36. The van der Waals surface area contributed by atoms with Gasteiger partial charge in [0.2, 0.25) is 0 Å². The zero-order valence-corrected chi connectivity index (χ0v) is 7.69. The third kappa shape index (κ3) is 2.16. The van der Waals surface area contributed by atoms with Gasteiger partial charge in [-0.2, -0.15) is 5.26 Å². The van der Waals surface area contributed by atoms with Crippen molar-refractivity contribution in [2.75, 3.05) is 0 Å².